The summed E-state index contributed by atoms with van der Waals surface area (Å²) in [7, 11) is 0. The molecule has 5 nitrogen and oxygen atoms in total. The number of fused-ring (bicyclic) bond motifs is 1. The maximum Gasteiger partial charge on any atom is 0.267 e. The molecule has 0 saturated carbocycles. The zero-order valence-electron chi connectivity index (χ0n) is 17.6. The van der Waals surface area contributed by atoms with Crippen LogP contribution in [0.4, 0.5) is 0 Å². The van der Waals surface area contributed by atoms with Gasteiger partial charge in [-0.1, -0.05) is 42.5 Å². The van der Waals surface area contributed by atoms with Gasteiger partial charge in [0.05, 0.1) is 0 Å². The molecule has 1 aliphatic rings. The highest BCUT2D eigenvalue weighted by atomic mass is 16.5. The average Bonchev–Trinajstić information content (AvgIpc) is 3.36. The minimum atomic E-state index is -0.528. The molecular weight excluding hydrogens is 374 g/mol. The second kappa shape index (κ2) is 8.86. The van der Waals surface area contributed by atoms with Crippen molar-refractivity contribution in [2.45, 2.75) is 45.2 Å². The quantitative estimate of drug-likeness (QED) is 0.316. The molecule has 0 bridgehead atoms. The van der Waals surface area contributed by atoms with Gasteiger partial charge in [-0.25, -0.2) is 5.48 Å². The van der Waals surface area contributed by atoms with Crippen LogP contribution in [0.25, 0.3) is 17.0 Å². The lowest BCUT2D eigenvalue weighted by molar-refractivity contribution is -0.124. The number of hydrogen-bond donors (Lipinski definition) is 3. The Labute approximate surface area is 177 Å². The molecule has 1 saturated heterocycles. The molecule has 3 aromatic rings. The van der Waals surface area contributed by atoms with Crippen molar-refractivity contribution >= 4 is 22.9 Å². The number of carbonyl (C=O) groups excluding carboxylic acids is 1. The lowest BCUT2D eigenvalue weighted by atomic mass is 9.98. The summed E-state index contributed by atoms with van der Waals surface area (Å²) in [6.07, 6.45) is 6.53. The number of hydroxylamine groups is 1. The van der Waals surface area contributed by atoms with E-state index < -0.39 is 5.91 Å². The molecule has 0 aliphatic carbocycles. The topological polar surface area (TPSA) is 68.4 Å². The smallest absolute Gasteiger partial charge is 0.267 e. The van der Waals surface area contributed by atoms with Crippen LogP contribution in [0.5, 0.6) is 0 Å². The number of nitrogens with zero attached hydrogens (tertiary/aromatic N) is 1. The molecule has 3 N–H and O–H groups in total. The molecule has 0 spiro atoms. The van der Waals surface area contributed by atoms with Gasteiger partial charge < -0.3 is 4.98 Å². The number of benzene rings is 2. The lowest BCUT2D eigenvalue weighted by Gasteiger charge is -2.31. The molecule has 2 heterocycles. The highest BCUT2D eigenvalue weighted by Crippen LogP contribution is 2.33. The summed E-state index contributed by atoms with van der Waals surface area (Å²) in [5.41, 5.74) is 7.76. The summed E-state index contributed by atoms with van der Waals surface area (Å²) < 4.78 is 0. The molecule has 0 radical (unpaired) electrons. The molecule has 5 heteroatoms. The van der Waals surface area contributed by atoms with Crippen LogP contribution in [-0.2, 0) is 11.2 Å². The van der Waals surface area contributed by atoms with E-state index in [1.807, 2.05) is 12.1 Å². The molecular formula is C25H29N3O2. The number of rotatable bonds is 6. The first-order valence-corrected chi connectivity index (χ1v) is 10.6. The van der Waals surface area contributed by atoms with Crippen molar-refractivity contribution in [3.8, 4) is 0 Å². The number of aromatic amines is 1. The third kappa shape index (κ3) is 4.18. The fraction of sp³-hybridized carbons (Fsp3) is 0.320. The average molecular weight is 404 g/mol. The van der Waals surface area contributed by atoms with Gasteiger partial charge in [0.25, 0.3) is 5.91 Å². The molecule has 1 amide bonds. The third-order valence-corrected chi connectivity index (χ3v) is 6.34. The molecule has 2 aromatic carbocycles. The van der Waals surface area contributed by atoms with Crippen molar-refractivity contribution < 1.29 is 10.0 Å². The first kappa shape index (κ1) is 20.4. The van der Waals surface area contributed by atoms with E-state index in [-0.39, 0.29) is 0 Å². The van der Waals surface area contributed by atoms with Crippen LogP contribution in [0.15, 0.2) is 54.6 Å². The number of nitrogens with one attached hydrogen (secondary N) is 2. The molecule has 1 aliphatic heterocycles. The summed E-state index contributed by atoms with van der Waals surface area (Å²) in [4.78, 5) is 17.3. The van der Waals surface area contributed by atoms with Crippen LogP contribution < -0.4 is 5.48 Å². The fourth-order valence-electron chi connectivity index (χ4n) is 4.71. The van der Waals surface area contributed by atoms with Gasteiger partial charge in [-0.05, 0) is 68.5 Å². The van der Waals surface area contributed by atoms with Gasteiger partial charge in [-0.15, -0.1) is 0 Å². The highest BCUT2D eigenvalue weighted by molar-refractivity contribution is 5.90. The predicted molar refractivity (Wildman–Crippen MR) is 120 cm³/mol. The van der Waals surface area contributed by atoms with Gasteiger partial charge in [0, 0.05) is 34.8 Å². The second-order valence-electron chi connectivity index (χ2n) is 8.16. The van der Waals surface area contributed by atoms with Crippen LogP contribution in [0.2, 0.25) is 0 Å². The van der Waals surface area contributed by atoms with Gasteiger partial charge in [0.1, 0.15) is 0 Å². The molecule has 156 valence electrons. The highest BCUT2D eigenvalue weighted by Gasteiger charge is 2.30. The summed E-state index contributed by atoms with van der Waals surface area (Å²) in [5.74, 6) is -0.528. The normalized spacial score (nSPS) is 18.3. The predicted octanol–water partition coefficient (Wildman–Crippen LogP) is 4.76. The Morgan fingerprint density at radius 2 is 2.03 bits per heavy atom. The molecule has 2 atom stereocenters. The molecule has 4 rings (SSSR count). The van der Waals surface area contributed by atoms with E-state index in [1.54, 1.807) is 11.6 Å². The van der Waals surface area contributed by atoms with Gasteiger partial charge in [0.2, 0.25) is 0 Å². The van der Waals surface area contributed by atoms with E-state index in [0.29, 0.717) is 12.1 Å². The molecule has 1 fully saturated rings. The van der Waals surface area contributed by atoms with Gasteiger partial charge in [0.15, 0.2) is 0 Å². The van der Waals surface area contributed by atoms with E-state index in [9.17, 15) is 4.79 Å². The number of carbonyl (C=O) groups is 1. The van der Waals surface area contributed by atoms with Gasteiger partial charge in [-0.3, -0.25) is 14.9 Å². The summed E-state index contributed by atoms with van der Waals surface area (Å²) >= 11 is 0. The minimum Gasteiger partial charge on any atom is -0.358 e. The Morgan fingerprint density at radius 3 is 2.80 bits per heavy atom. The van der Waals surface area contributed by atoms with Crippen LogP contribution in [0.3, 0.4) is 0 Å². The molecule has 2 unspecified atom stereocenters. The van der Waals surface area contributed by atoms with Crippen molar-refractivity contribution in [3.63, 3.8) is 0 Å². The van der Waals surface area contributed by atoms with Crippen LogP contribution in [0.1, 0.15) is 48.2 Å². The Bertz CT molecular complexity index is 1050. The summed E-state index contributed by atoms with van der Waals surface area (Å²) in [5, 5.41) is 9.93. The van der Waals surface area contributed by atoms with E-state index in [0.717, 1.165) is 18.5 Å². The van der Waals surface area contributed by atoms with Gasteiger partial charge >= 0.3 is 0 Å². The summed E-state index contributed by atoms with van der Waals surface area (Å²) in [6, 6.07) is 17.7. The van der Waals surface area contributed by atoms with E-state index in [1.165, 1.54) is 46.6 Å². The standard InChI is InChI=1S/C25H29N3O2/c1-17-23(22-7-3-4-8-24(22)26-17)16-21-6-5-15-28(21)18(2)20-12-9-19(10-13-20)11-14-25(29)27-30/h3-4,7-14,18,21,26,30H,5-6,15-16H2,1-2H3,(H,27,29). The number of para-hydroxylation sites is 1. The summed E-state index contributed by atoms with van der Waals surface area (Å²) in [6.45, 7) is 5.58. The lowest BCUT2D eigenvalue weighted by Crippen LogP contribution is -2.33. The van der Waals surface area contributed by atoms with E-state index in [2.05, 4.69) is 60.1 Å². The van der Waals surface area contributed by atoms with Crippen molar-refractivity contribution in [3.05, 3.63) is 77.0 Å². The first-order valence-electron chi connectivity index (χ1n) is 10.6. The van der Waals surface area contributed by atoms with Crippen LogP contribution in [-0.4, -0.2) is 33.6 Å². The monoisotopic (exact) mass is 403 g/mol. The maximum absolute atomic E-state index is 11.1. The van der Waals surface area contributed by atoms with E-state index in [4.69, 9.17) is 5.21 Å². The SMILES string of the molecule is Cc1[nH]c2ccccc2c1CC1CCCN1C(C)c1ccc(C=CC(=O)NO)cc1. The van der Waals surface area contributed by atoms with Crippen molar-refractivity contribution in [2.24, 2.45) is 0 Å². The van der Waals surface area contributed by atoms with Gasteiger partial charge in [-0.2, -0.15) is 0 Å². The zero-order chi connectivity index (χ0) is 21.1. The largest absolute Gasteiger partial charge is 0.358 e. The Kier molecular flexibility index (Phi) is 6.02. The number of likely N-dealkylation sites (tertiary alicyclic amines) is 1. The van der Waals surface area contributed by atoms with E-state index >= 15 is 0 Å². The fourth-order valence-corrected chi connectivity index (χ4v) is 4.71. The first-order chi connectivity index (χ1) is 14.6. The number of H-pyrrole nitrogens is 1. The Morgan fingerprint density at radius 1 is 1.27 bits per heavy atom. The van der Waals surface area contributed by atoms with Crippen molar-refractivity contribution in [1.29, 1.82) is 0 Å². The van der Waals surface area contributed by atoms with Crippen LogP contribution in [0, 0.1) is 6.92 Å². The molecule has 30 heavy (non-hydrogen) atoms. The zero-order valence-corrected chi connectivity index (χ0v) is 17.6. The third-order valence-electron chi connectivity index (χ3n) is 6.34. The van der Waals surface area contributed by atoms with Crippen LogP contribution >= 0.6 is 0 Å². The maximum atomic E-state index is 11.1. The Balaban J connectivity index is 1.49. The minimum absolute atomic E-state index is 0.335. The number of aromatic nitrogens is 1. The molecule has 1 aromatic heterocycles. The van der Waals surface area contributed by atoms with Crippen molar-refractivity contribution in [2.75, 3.05) is 6.54 Å². The van der Waals surface area contributed by atoms with Crippen molar-refractivity contribution in [1.82, 2.24) is 15.4 Å². The number of hydrogen-bond acceptors (Lipinski definition) is 3. The second-order valence-corrected chi connectivity index (χ2v) is 8.16. The number of amides is 1. The number of aryl methyl sites for hydroxylation is 1. The Hall–Kier alpha value is -2.89.